The van der Waals surface area contributed by atoms with Crippen LogP contribution >= 0.6 is 0 Å². The van der Waals surface area contributed by atoms with Crippen LogP contribution < -0.4 is 11.1 Å². The van der Waals surface area contributed by atoms with Gasteiger partial charge in [-0.05, 0) is 13.0 Å². The van der Waals surface area contributed by atoms with Gasteiger partial charge in [-0.2, -0.15) is 0 Å². The maximum absolute atomic E-state index is 14.1. The second-order valence-corrected chi connectivity index (χ2v) is 4.85. The molecule has 1 unspecified atom stereocenters. The third-order valence-electron chi connectivity index (χ3n) is 3.59. The maximum Gasteiger partial charge on any atom is 0.325 e. The van der Waals surface area contributed by atoms with E-state index in [-0.39, 0.29) is 0 Å². The average molecular weight is 293 g/mol. The molecular formula is C11H17F2N3O4. The van der Waals surface area contributed by atoms with Gasteiger partial charge in [-0.15, -0.1) is 0 Å². The number of alkyl halides is 2. The van der Waals surface area contributed by atoms with Crippen molar-refractivity contribution in [2.45, 2.75) is 43.4 Å². The first-order valence-corrected chi connectivity index (χ1v) is 6.11. The Balaban J connectivity index is 2.27. The summed E-state index contributed by atoms with van der Waals surface area (Å²) in [4.78, 5) is 12.5. The van der Waals surface area contributed by atoms with E-state index in [0.29, 0.717) is 0 Å². The van der Waals surface area contributed by atoms with Crippen LogP contribution in [0.1, 0.15) is 6.92 Å². The summed E-state index contributed by atoms with van der Waals surface area (Å²) in [6.07, 6.45) is -5.47. The van der Waals surface area contributed by atoms with Gasteiger partial charge in [0.05, 0.1) is 12.8 Å². The molecule has 0 spiro atoms. The average Bonchev–Trinajstić information content (AvgIpc) is 2.64. The molecule has 2 amide bonds. The number of nitrogens with two attached hydrogens (primary N) is 1. The highest BCUT2D eigenvalue weighted by Crippen LogP contribution is 2.38. The molecule has 1 fully saturated rings. The predicted octanol–water partition coefficient (Wildman–Crippen LogP) is -1.05. The van der Waals surface area contributed by atoms with Crippen molar-refractivity contribution in [3.8, 4) is 0 Å². The van der Waals surface area contributed by atoms with E-state index in [0.717, 1.165) is 11.8 Å². The van der Waals surface area contributed by atoms with Crippen LogP contribution in [0.4, 0.5) is 13.6 Å². The molecule has 0 aromatic carbocycles. The summed E-state index contributed by atoms with van der Waals surface area (Å²) >= 11 is 0. The summed E-state index contributed by atoms with van der Waals surface area (Å²) in [6, 6.07) is -0.736. The molecule has 0 radical (unpaired) electrons. The Morgan fingerprint density at radius 3 is 2.80 bits per heavy atom. The van der Waals surface area contributed by atoms with Crippen molar-refractivity contribution in [1.82, 2.24) is 10.2 Å². The summed E-state index contributed by atoms with van der Waals surface area (Å²) in [6.45, 7) is 0.123. The molecule has 5 N–H and O–H groups in total. The second-order valence-electron chi connectivity index (χ2n) is 4.85. The minimum atomic E-state index is -2.10. The van der Waals surface area contributed by atoms with Crippen molar-refractivity contribution < 1.29 is 28.5 Å². The summed E-state index contributed by atoms with van der Waals surface area (Å²) < 4.78 is 32.9. The van der Waals surface area contributed by atoms with E-state index >= 15 is 0 Å². The van der Waals surface area contributed by atoms with Crippen LogP contribution in [0.2, 0.25) is 0 Å². The Morgan fingerprint density at radius 2 is 2.35 bits per heavy atom. The number of nitrogens with one attached hydrogen (secondary N) is 1. The van der Waals surface area contributed by atoms with Crippen LogP contribution in [0.3, 0.4) is 0 Å². The van der Waals surface area contributed by atoms with E-state index in [1.165, 1.54) is 12.3 Å². The second kappa shape index (κ2) is 5.24. The number of halogens is 2. The zero-order chi connectivity index (χ0) is 15.1. The van der Waals surface area contributed by atoms with Crippen molar-refractivity contribution in [1.29, 1.82) is 0 Å². The van der Waals surface area contributed by atoms with Gasteiger partial charge in [-0.25, -0.2) is 13.6 Å². The minimum Gasteiger partial charge on any atom is -0.393 e. The molecule has 114 valence electrons. The number of aliphatic hydroxyl groups excluding tert-OH is 2. The molecule has 0 saturated carbocycles. The van der Waals surface area contributed by atoms with Gasteiger partial charge in [0.15, 0.2) is 18.0 Å². The molecule has 7 nitrogen and oxygen atoms in total. The summed E-state index contributed by atoms with van der Waals surface area (Å²) in [5.41, 5.74) is 3.35. The summed E-state index contributed by atoms with van der Waals surface area (Å²) in [5, 5.41) is 21.4. The van der Waals surface area contributed by atoms with Crippen molar-refractivity contribution in [3.05, 3.63) is 12.3 Å². The lowest BCUT2D eigenvalue weighted by Crippen LogP contribution is -2.54. The van der Waals surface area contributed by atoms with Gasteiger partial charge in [-0.3, -0.25) is 4.90 Å². The van der Waals surface area contributed by atoms with Crippen LogP contribution in [0.25, 0.3) is 0 Å². The third kappa shape index (κ3) is 2.16. The van der Waals surface area contributed by atoms with Gasteiger partial charge < -0.3 is 26.0 Å². The highest BCUT2D eigenvalue weighted by Gasteiger charge is 2.60. The van der Waals surface area contributed by atoms with Gasteiger partial charge in [-0.1, -0.05) is 0 Å². The van der Waals surface area contributed by atoms with E-state index in [9.17, 15) is 23.8 Å². The maximum atomic E-state index is 14.1. The minimum absolute atomic E-state index is 0.717. The van der Waals surface area contributed by atoms with Crippen LogP contribution in [-0.4, -0.2) is 64.2 Å². The normalized spacial score (nSPS) is 42.7. The van der Waals surface area contributed by atoms with E-state index in [2.05, 4.69) is 5.32 Å². The number of hydrogen-bond donors (Lipinski definition) is 4. The summed E-state index contributed by atoms with van der Waals surface area (Å²) in [5.74, 6) is 0. The van der Waals surface area contributed by atoms with Crippen LogP contribution in [0.15, 0.2) is 12.3 Å². The highest BCUT2D eigenvalue weighted by atomic mass is 19.1. The van der Waals surface area contributed by atoms with Crippen LogP contribution in [0.5, 0.6) is 0 Å². The number of urea groups is 1. The monoisotopic (exact) mass is 293 g/mol. The number of hydrogen-bond acceptors (Lipinski definition) is 5. The largest absolute Gasteiger partial charge is 0.393 e. The van der Waals surface area contributed by atoms with Crippen molar-refractivity contribution in [2.75, 3.05) is 6.61 Å². The number of ether oxygens (including phenoxy) is 1. The van der Waals surface area contributed by atoms with E-state index < -0.39 is 49.1 Å². The Hall–Kier alpha value is -1.29. The summed E-state index contributed by atoms with van der Waals surface area (Å²) in [7, 11) is 0. The van der Waals surface area contributed by atoms with Gasteiger partial charge >= 0.3 is 6.03 Å². The first-order chi connectivity index (χ1) is 9.33. The van der Waals surface area contributed by atoms with E-state index in [4.69, 9.17) is 10.5 Å². The molecular weight excluding hydrogens is 276 g/mol. The molecule has 20 heavy (non-hydrogen) atoms. The molecule has 0 aromatic rings. The van der Waals surface area contributed by atoms with Gasteiger partial charge in [0, 0.05) is 6.20 Å². The third-order valence-corrected chi connectivity index (χ3v) is 3.59. The molecule has 2 aliphatic heterocycles. The lowest BCUT2D eigenvalue weighted by atomic mass is 9.92. The molecule has 9 heteroatoms. The zero-order valence-corrected chi connectivity index (χ0v) is 10.7. The van der Waals surface area contributed by atoms with Crippen LogP contribution in [0, 0.1) is 0 Å². The first kappa shape index (κ1) is 15.1. The fourth-order valence-electron chi connectivity index (χ4n) is 2.30. The van der Waals surface area contributed by atoms with Gasteiger partial charge in [0.25, 0.3) is 0 Å². The number of aliphatic hydroxyl groups is 2. The molecule has 2 heterocycles. The Kier molecular flexibility index (Phi) is 3.96. The van der Waals surface area contributed by atoms with Crippen molar-refractivity contribution in [3.63, 3.8) is 0 Å². The number of carbonyl (C=O) groups is 1. The van der Waals surface area contributed by atoms with Crippen molar-refractivity contribution >= 4 is 6.03 Å². The molecule has 2 rings (SSSR count). The molecule has 0 bridgehead atoms. The molecule has 6 atom stereocenters. The fraction of sp³-hybridized carbons (Fsp3) is 0.727. The molecule has 2 aliphatic rings. The highest BCUT2D eigenvalue weighted by molar-refractivity contribution is 5.77. The Bertz CT molecular complexity index is 422. The fourth-order valence-corrected chi connectivity index (χ4v) is 2.30. The number of nitrogens with zero attached hydrogens (tertiary/aromatic N) is 1. The molecule has 0 aromatic heterocycles. The van der Waals surface area contributed by atoms with Crippen molar-refractivity contribution in [2.24, 2.45) is 5.73 Å². The quantitative estimate of drug-likeness (QED) is 0.531. The van der Waals surface area contributed by atoms with Gasteiger partial charge in [0.1, 0.15) is 12.3 Å². The van der Waals surface area contributed by atoms with E-state index in [1.54, 1.807) is 0 Å². The Morgan fingerprint density at radius 1 is 1.70 bits per heavy atom. The number of amides is 2. The molecule has 1 saturated heterocycles. The Labute approximate surface area is 114 Å². The zero-order valence-electron chi connectivity index (χ0n) is 10.7. The molecule has 0 aliphatic carbocycles. The number of rotatable bonds is 3. The number of carbonyl (C=O) groups excluding carboxylic acids is 1. The lowest BCUT2D eigenvalue weighted by molar-refractivity contribution is -0.162. The topological polar surface area (TPSA) is 108 Å². The van der Waals surface area contributed by atoms with Crippen LogP contribution in [-0.2, 0) is 4.74 Å². The van der Waals surface area contributed by atoms with E-state index in [1.807, 2.05) is 0 Å². The predicted molar refractivity (Wildman–Crippen MR) is 63.6 cm³/mol. The smallest absolute Gasteiger partial charge is 0.325 e. The SMILES string of the molecule is C[C@H](F)[C@]1(CO)O[C@@H](N2C=CC(N)NC2=O)[C@H](F)[C@@H]1O. The standard InChI is InChI=1S/C11H17F2N3O4/c1-5(12)11(4-17)8(18)7(13)9(20-11)16-3-2-6(14)15-10(16)19/h2-3,5-9,17-18H,4,14H2,1H3,(H,15,19)/t5-,6?,7+,8-,9+,11-/m0/s1. The lowest BCUT2D eigenvalue weighted by Gasteiger charge is -2.33. The first-order valence-electron chi connectivity index (χ1n) is 6.11. The van der Waals surface area contributed by atoms with Gasteiger partial charge in [0.2, 0.25) is 0 Å².